The molecule has 0 bridgehead atoms. The van der Waals surface area contributed by atoms with Gasteiger partial charge < -0.3 is 4.74 Å². The van der Waals surface area contributed by atoms with E-state index >= 15 is 0 Å². The zero-order valence-electron chi connectivity index (χ0n) is 14.2. The molecule has 0 spiro atoms. The molecule has 3 aromatic carbocycles. The van der Waals surface area contributed by atoms with E-state index in [1.165, 1.54) is 30.3 Å². The minimum atomic E-state index is -4.14. The summed E-state index contributed by atoms with van der Waals surface area (Å²) < 4.78 is 56.6. The van der Waals surface area contributed by atoms with Crippen molar-refractivity contribution >= 4 is 37.3 Å². The normalized spacial score (nSPS) is 11.8. The van der Waals surface area contributed by atoms with Crippen LogP contribution in [0.2, 0.25) is 5.02 Å². The van der Waals surface area contributed by atoms with Crippen LogP contribution in [0.4, 0.5) is 5.69 Å². The molecule has 7 nitrogen and oxygen atoms in total. The maximum absolute atomic E-state index is 12.8. The van der Waals surface area contributed by atoms with Gasteiger partial charge in [-0.25, -0.2) is 22.0 Å². The van der Waals surface area contributed by atoms with Crippen LogP contribution in [-0.4, -0.2) is 16.8 Å². The second-order valence-electron chi connectivity index (χ2n) is 5.68. The zero-order valence-corrected chi connectivity index (χ0v) is 16.6. The number of nitrogens with one attached hydrogen (secondary N) is 1. The number of anilines is 1. The summed E-state index contributed by atoms with van der Waals surface area (Å²) >= 11 is 5.99. The summed E-state index contributed by atoms with van der Waals surface area (Å²) in [6.45, 7) is 0. The van der Waals surface area contributed by atoms with Gasteiger partial charge in [-0.05, 0) is 48.5 Å². The predicted molar refractivity (Wildman–Crippen MR) is 107 cm³/mol. The van der Waals surface area contributed by atoms with Crippen LogP contribution in [0.15, 0.2) is 82.6 Å². The maximum atomic E-state index is 12.8. The van der Waals surface area contributed by atoms with Crippen LogP contribution >= 0.6 is 11.6 Å². The fourth-order valence-corrected chi connectivity index (χ4v) is 4.22. The second kappa shape index (κ2) is 7.80. The van der Waals surface area contributed by atoms with E-state index in [0.29, 0.717) is 5.75 Å². The summed E-state index contributed by atoms with van der Waals surface area (Å²) in [5.74, 6) is 0.725. The lowest BCUT2D eigenvalue weighted by Crippen LogP contribution is -2.16. The Kier molecular flexibility index (Phi) is 5.61. The van der Waals surface area contributed by atoms with Gasteiger partial charge in [-0.3, -0.25) is 4.72 Å². The molecule has 0 atom stereocenters. The minimum Gasteiger partial charge on any atom is -0.455 e. The molecular weight excluding hydrogens is 424 g/mol. The van der Waals surface area contributed by atoms with E-state index in [1.54, 1.807) is 30.3 Å². The maximum Gasteiger partial charge on any atom is 0.262 e. The number of halogens is 1. The van der Waals surface area contributed by atoms with Crippen LogP contribution in [0, 0.1) is 0 Å². The summed E-state index contributed by atoms with van der Waals surface area (Å²) in [5, 5.41) is 5.36. The van der Waals surface area contributed by atoms with E-state index in [9.17, 15) is 16.8 Å². The van der Waals surface area contributed by atoms with Gasteiger partial charge in [-0.15, -0.1) is 0 Å². The molecule has 0 saturated carbocycles. The topological polar surface area (TPSA) is 116 Å². The molecule has 146 valence electrons. The Labute approximate surface area is 167 Å². The number of ether oxygens (including phenoxy) is 1. The highest BCUT2D eigenvalue weighted by Gasteiger charge is 2.20. The number of primary sulfonamides is 1. The van der Waals surface area contributed by atoms with Crippen molar-refractivity contribution in [2.45, 2.75) is 9.79 Å². The van der Waals surface area contributed by atoms with Crippen LogP contribution in [0.3, 0.4) is 0 Å². The second-order valence-corrected chi connectivity index (χ2v) is 9.36. The zero-order chi connectivity index (χ0) is 20.4. The average molecular weight is 439 g/mol. The molecule has 0 unspecified atom stereocenters. The number of hydrogen-bond donors (Lipinski definition) is 2. The molecule has 0 aromatic heterocycles. The van der Waals surface area contributed by atoms with Gasteiger partial charge in [0.2, 0.25) is 10.0 Å². The molecule has 0 aliphatic carbocycles. The van der Waals surface area contributed by atoms with Gasteiger partial charge in [0.25, 0.3) is 10.0 Å². The van der Waals surface area contributed by atoms with Crippen LogP contribution in [0.1, 0.15) is 0 Å². The van der Waals surface area contributed by atoms with Gasteiger partial charge in [-0.2, -0.15) is 0 Å². The largest absolute Gasteiger partial charge is 0.455 e. The molecule has 10 heteroatoms. The van der Waals surface area contributed by atoms with E-state index in [-0.39, 0.29) is 26.3 Å². The van der Waals surface area contributed by atoms with Gasteiger partial charge >= 0.3 is 0 Å². The lowest BCUT2D eigenvalue weighted by molar-refractivity contribution is 0.485. The third-order valence-electron chi connectivity index (χ3n) is 3.60. The molecule has 0 heterocycles. The third kappa shape index (κ3) is 4.82. The van der Waals surface area contributed by atoms with Crippen molar-refractivity contribution in [3.05, 3.63) is 77.8 Å². The standard InChI is InChI=1S/C18H15ClN2O5S2/c19-13-9-10-18(26-14-5-2-1-3-6-14)17(11-13)21-28(24,25)16-8-4-7-15(12-16)27(20,22)23/h1-12,21H,(H2,20,22,23). The van der Waals surface area contributed by atoms with Gasteiger partial charge in [0.15, 0.2) is 5.75 Å². The average Bonchev–Trinajstić information content (AvgIpc) is 2.64. The number of benzene rings is 3. The van der Waals surface area contributed by atoms with Crippen molar-refractivity contribution in [2.24, 2.45) is 5.14 Å². The Morgan fingerprint density at radius 3 is 2.18 bits per heavy atom. The monoisotopic (exact) mass is 438 g/mol. The molecule has 0 saturated heterocycles. The first-order valence-corrected chi connectivity index (χ1v) is 11.2. The molecule has 3 N–H and O–H groups in total. The lowest BCUT2D eigenvalue weighted by atomic mass is 10.3. The molecule has 0 radical (unpaired) electrons. The fraction of sp³-hybridized carbons (Fsp3) is 0. The first kappa shape index (κ1) is 20.2. The van der Waals surface area contributed by atoms with Crippen LogP contribution in [-0.2, 0) is 20.0 Å². The SMILES string of the molecule is NS(=O)(=O)c1cccc(S(=O)(=O)Nc2cc(Cl)ccc2Oc2ccccc2)c1. The first-order valence-electron chi connectivity index (χ1n) is 7.83. The van der Waals surface area contributed by atoms with Crippen molar-refractivity contribution in [2.75, 3.05) is 4.72 Å². The molecule has 3 aromatic rings. The molecule has 0 fully saturated rings. The summed E-state index contributed by atoms with van der Waals surface area (Å²) in [5.41, 5.74) is 0.0948. The number of nitrogens with two attached hydrogens (primary N) is 1. The van der Waals surface area contributed by atoms with Crippen molar-refractivity contribution in [1.29, 1.82) is 0 Å². The van der Waals surface area contributed by atoms with E-state index in [1.807, 2.05) is 6.07 Å². The molecule has 3 rings (SSSR count). The Bertz CT molecular complexity index is 1210. The molecule has 0 amide bonds. The quantitative estimate of drug-likeness (QED) is 0.610. The number of rotatable bonds is 6. The van der Waals surface area contributed by atoms with Crippen LogP contribution < -0.4 is 14.6 Å². The number of hydrogen-bond acceptors (Lipinski definition) is 5. The van der Waals surface area contributed by atoms with Gasteiger partial charge in [0, 0.05) is 5.02 Å². The van der Waals surface area contributed by atoms with E-state index in [2.05, 4.69) is 4.72 Å². The van der Waals surface area contributed by atoms with Gasteiger partial charge in [0.1, 0.15) is 5.75 Å². The number of para-hydroxylation sites is 1. The predicted octanol–water partition coefficient (Wildman–Crippen LogP) is 3.58. The van der Waals surface area contributed by atoms with E-state index in [0.717, 1.165) is 6.07 Å². The smallest absolute Gasteiger partial charge is 0.262 e. The highest BCUT2D eigenvalue weighted by molar-refractivity contribution is 7.93. The lowest BCUT2D eigenvalue weighted by Gasteiger charge is -2.14. The van der Waals surface area contributed by atoms with Crippen molar-refractivity contribution < 1.29 is 21.6 Å². The number of sulfonamides is 2. The van der Waals surface area contributed by atoms with Crippen molar-refractivity contribution in [1.82, 2.24) is 0 Å². The first-order chi connectivity index (χ1) is 13.1. The molecule has 28 heavy (non-hydrogen) atoms. The molecular formula is C18H15ClN2O5S2. The van der Waals surface area contributed by atoms with Crippen LogP contribution in [0.5, 0.6) is 11.5 Å². The van der Waals surface area contributed by atoms with Crippen molar-refractivity contribution in [3.8, 4) is 11.5 Å². The van der Waals surface area contributed by atoms with E-state index in [4.69, 9.17) is 21.5 Å². The van der Waals surface area contributed by atoms with E-state index < -0.39 is 20.0 Å². The Morgan fingerprint density at radius 2 is 1.50 bits per heavy atom. The Morgan fingerprint density at radius 1 is 0.821 bits per heavy atom. The van der Waals surface area contributed by atoms with Gasteiger partial charge in [-0.1, -0.05) is 35.9 Å². The van der Waals surface area contributed by atoms with Crippen molar-refractivity contribution in [3.63, 3.8) is 0 Å². The Hall–Kier alpha value is -2.59. The molecule has 0 aliphatic heterocycles. The highest BCUT2D eigenvalue weighted by atomic mass is 35.5. The fourth-order valence-electron chi connectivity index (χ4n) is 2.31. The summed E-state index contributed by atoms with van der Waals surface area (Å²) in [7, 11) is -8.19. The summed E-state index contributed by atoms with van der Waals surface area (Å²) in [6, 6.07) is 18.0. The highest BCUT2D eigenvalue weighted by Crippen LogP contribution is 2.33. The Balaban J connectivity index is 1.98. The summed E-state index contributed by atoms with van der Waals surface area (Å²) in [4.78, 5) is -0.591. The minimum absolute atomic E-state index is 0.0948. The van der Waals surface area contributed by atoms with Crippen LogP contribution in [0.25, 0.3) is 0 Å². The molecule has 0 aliphatic rings. The van der Waals surface area contributed by atoms with Gasteiger partial charge in [0.05, 0.1) is 15.5 Å². The third-order valence-corrected chi connectivity index (χ3v) is 6.11. The summed E-state index contributed by atoms with van der Waals surface area (Å²) in [6.07, 6.45) is 0.